The first-order valence-corrected chi connectivity index (χ1v) is 6.14. The lowest BCUT2D eigenvalue weighted by Gasteiger charge is -2.39. The van der Waals surface area contributed by atoms with Gasteiger partial charge >= 0.3 is 0 Å². The third kappa shape index (κ3) is 3.19. The van der Waals surface area contributed by atoms with Crippen LogP contribution in [0.2, 0.25) is 0 Å². The monoisotopic (exact) mass is 228 g/mol. The van der Waals surface area contributed by atoms with E-state index in [9.17, 15) is 4.79 Å². The molecule has 4 heteroatoms. The number of methoxy groups -OCH3 is 1. The van der Waals surface area contributed by atoms with E-state index in [0.29, 0.717) is 25.0 Å². The molecule has 1 rings (SSSR count). The van der Waals surface area contributed by atoms with Gasteiger partial charge < -0.3 is 15.4 Å². The fraction of sp³-hybridized carbons (Fsp3) is 0.917. The lowest BCUT2D eigenvalue weighted by atomic mass is 9.96. The maximum absolute atomic E-state index is 12.1. The molecule has 1 saturated heterocycles. The minimum Gasteiger partial charge on any atom is -0.380 e. The molecule has 0 saturated carbocycles. The van der Waals surface area contributed by atoms with Crippen molar-refractivity contribution in [2.24, 2.45) is 5.73 Å². The average molecular weight is 228 g/mol. The number of nitrogens with zero attached hydrogens (tertiary/aromatic N) is 1. The fourth-order valence-corrected chi connectivity index (χ4v) is 2.48. The van der Waals surface area contributed by atoms with Crippen molar-refractivity contribution in [2.45, 2.75) is 57.7 Å². The Labute approximate surface area is 98.1 Å². The number of ether oxygens (including phenoxy) is 1. The van der Waals surface area contributed by atoms with Gasteiger partial charge in [0, 0.05) is 25.7 Å². The van der Waals surface area contributed by atoms with Crippen LogP contribution in [0.5, 0.6) is 0 Å². The Morgan fingerprint density at radius 2 is 2.00 bits per heavy atom. The van der Waals surface area contributed by atoms with Gasteiger partial charge in [0.2, 0.25) is 5.91 Å². The second kappa shape index (κ2) is 6.21. The van der Waals surface area contributed by atoms with Crippen molar-refractivity contribution in [1.29, 1.82) is 0 Å². The molecule has 1 unspecified atom stereocenters. The van der Waals surface area contributed by atoms with Crippen LogP contribution in [0.25, 0.3) is 0 Å². The molecule has 0 aromatic heterocycles. The number of amides is 1. The highest BCUT2D eigenvalue weighted by atomic mass is 16.5. The van der Waals surface area contributed by atoms with Crippen molar-refractivity contribution in [1.82, 2.24) is 4.90 Å². The molecule has 0 aliphatic carbocycles. The number of likely N-dealkylation sites (tertiary alicyclic amines) is 1. The third-order valence-electron chi connectivity index (χ3n) is 3.48. The molecule has 1 aliphatic rings. The number of carbonyl (C=O) groups is 1. The van der Waals surface area contributed by atoms with Crippen LogP contribution in [0.1, 0.15) is 39.5 Å². The number of hydrogen-bond acceptors (Lipinski definition) is 3. The zero-order valence-electron chi connectivity index (χ0n) is 10.6. The topological polar surface area (TPSA) is 55.6 Å². The molecule has 94 valence electrons. The predicted molar refractivity (Wildman–Crippen MR) is 64.1 cm³/mol. The Morgan fingerprint density at radius 1 is 1.44 bits per heavy atom. The molecule has 1 fully saturated rings. The van der Waals surface area contributed by atoms with Crippen molar-refractivity contribution in [3.8, 4) is 0 Å². The molecule has 4 nitrogen and oxygen atoms in total. The summed E-state index contributed by atoms with van der Waals surface area (Å²) in [6.07, 6.45) is 3.69. The van der Waals surface area contributed by atoms with E-state index in [2.05, 4.69) is 13.8 Å². The maximum atomic E-state index is 12.1. The summed E-state index contributed by atoms with van der Waals surface area (Å²) in [6.45, 7) is 4.65. The second-order valence-corrected chi connectivity index (χ2v) is 4.73. The van der Waals surface area contributed by atoms with Crippen molar-refractivity contribution in [3.63, 3.8) is 0 Å². The van der Waals surface area contributed by atoms with Gasteiger partial charge in [0.05, 0.1) is 12.5 Å². The molecule has 1 aliphatic heterocycles. The number of carbonyl (C=O) groups excluding carboxylic acids is 1. The van der Waals surface area contributed by atoms with Crippen molar-refractivity contribution in [3.05, 3.63) is 0 Å². The summed E-state index contributed by atoms with van der Waals surface area (Å²) in [7, 11) is 1.61. The highest BCUT2D eigenvalue weighted by Crippen LogP contribution is 2.23. The largest absolute Gasteiger partial charge is 0.380 e. The van der Waals surface area contributed by atoms with Crippen LogP contribution in [-0.4, -0.2) is 42.6 Å². The summed E-state index contributed by atoms with van der Waals surface area (Å²) in [5.74, 6) is 0.178. The first-order valence-electron chi connectivity index (χ1n) is 6.14. The van der Waals surface area contributed by atoms with Gasteiger partial charge in [-0.05, 0) is 33.1 Å². The molecule has 1 amide bonds. The molecule has 0 bridgehead atoms. The lowest BCUT2D eigenvalue weighted by Crippen LogP contribution is -2.48. The van der Waals surface area contributed by atoms with Gasteiger partial charge in [-0.2, -0.15) is 0 Å². The predicted octanol–water partition coefficient (Wildman–Crippen LogP) is 1.14. The molecule has 3 atom stereocenters. The minimum absolute atomic E-state index is 0.145. The summed E-state index contributed by atoms with van der Waals surface area (Å²) in [6, 6.07) is 0.707. The van der Waals surface area contributed by atoms with Gasteiger partial charge in [-0.1, -0.05) is 0 Å². The Bertz CT molecular complexity index is 219. The average Bonchev–Trinajstić information content (AvgIpc) is 2.25. The first kappa shape index (κ1) is 13.5. The van der Waals surface area contributed by atoms with E-state index in [1.165, 1.54) is 6.42 Å². The van der Waals surface area contributed by atoms with E-state index in [-0.39, 0.29) is 12.0 Å². The van der Waals surface area contributed by atoms with E-state index < -0.39 is 0 Å². The van der Waals surface area contributed by atoms with Gasteiger partial charge in [0.1, 0.15) is 0 Å². The van der Waals surface area contributed by atoms with Crippen molar-refractivity contribution < 1.29 is 9.53 Å². The zero-order valence-corrected chi connectivity index (χ0v) is 10.6. The van der Waals surface area contributed by atoms with Crippen LogP contribution < -0.4 is 5.73 Å². The molecule has 0 radical (unpaired) electrons. The highest BCUT2D eigenvalue weighted by molar-refractivity contribution is 5.77. The molecule has 1 heterocycles. The number of nitrogens with two attached hydrogens (primary N) is 1. The quantitative estimate of drug-likeness (QED) is 0.785. The summed E-state index contributed by atoms with van der Waals surface area (Å²) < 4.78 is 5.16. The van der Waals surface area contributed by atoms with Gasteiger partial charge in [-0.15, -0.1) is 0 Å². The third-order valence-corrected chi connectivity index (χ3v) is 3.48. The van der Waals surface area contributed by atoms with E-state index in [1.807, 2.05) is 4.90 Å². The Kier molecular flexibility index (Phi) is 5.22. The van der Waals surface area contributed by atoms with Crippen LogP contribution in [0.3, 0.4) is 0 Å². The number of rotatable bonds is 4. The maximum Gasteiger partial charge on any atom is 0.225 e. The van der Waals surface area contributed by atoms with Gasteiger partial charge in [0.25, 0.3) is 0 Å². The molecular formula is C12H24N2O2. The second-order valence-electron chi connectivity index (χ2n) is 4.73. The normalized spacial score (nSPS) is 27.9. The standard InChI is InChI=1S/C12H24N2O2/c1-9-5-4-6-10(2)14(9)12(15)7-11(8-13)16-3/h9-11H,4-8,13H2,1-3H3/t9-,10+,11?. The summed E-state index contributed by atoms with van der Waals surface area (Å²) >= 11 is 0. The molecular weight excluding hydrogens is 204 g/mol. The molecule has 16 heavy (non-hydrogen) atoms. The van der Waals surface area contributed by atoms with Gasteiger partial charge in [-0.25, -0.2) is 0 Å². The van der Waals surface area contributed by atoms with Crippen LogP contribution in [0.4, 0.5) is 0 Å². The van der Waals surface area contributed by atoms with Crippen LogP contribution in [0.15, 0.2) is 0 Å². The van der Waals surface area contributed by atoms with Gasteiger partial charge in [-0.3, -0.25) is 4.79 Å². The Balaban J connectivity index is 2.56. The summed E-state index contributed by atoms with van der Waals surface area (Å²) in [5, 5.41) is 0. The van der Waals surface area contributed by atoms with E-state index >= 15 is 0 Å². The fourth-order valence-electron chi connectivity index (χ4n) is 2.48. The molecule has 2 N–H and O–H groups in total. The Morgan fingerprint density at radius 3 is 2.44 bits per heavy atom. The summed E-state index contributed by atoms with van der Waals surface area (Å²) in [4.78, 5) is 14.1. The van der Waals surface area contributed by atoms with Crippen molar-refractivity contribution >= 4 is 5.91 Å². The summed E-state index contributed by atoms with van der Waals surface area (Å²) in [5.41, 5.74) is 5.53. The van der Waals surface area contributed by atoms with Crippen LogP contribution in [-0.2, 0) is 9.53 Å². The number of piperidine rings is 1. The smallest absolute Gasteiger partial charge is 0.225 e. The van der Waals surface area contributed by atoms with Crippen molar-refractivity contribution in [2.75, 3.05) is 13.7 Å². The van der Waals surface area contributed by atoms with Gasteiger partial charge in [0.15, 0.2) is 0 Å². The van der Waals surface area contributed by atoms with Crippen LogP contribution >= 0.6 is 0 Å². The Hall–Kier alpha value is -0.610. The molecule has 0 aromatic rings. The van der Waals surface area contributed by atoms with Crippen LogP contribution in [0, 0.1) is 0 Å². The SMILES string of the molecule is COC(CN)CC(=O)N1[C@H](C)CCC[C@@H]1C. The number of hydrogen-bond donors (Lipinski definition) is 1. The highest BCUT2D eigenvalue weighted by Gasteiger charge is 2.29. The lowest BCUT2D eigenvalue weighted by molar-refractivity contribution is -0.139. The molecule has 0 spiro atoms. The van der Waals surface area contributed by atoms with E-state index in [1.54, 1.807) is 7.11 Å². The zero-order chi connectivity index (χ0) is 12.1. The molecule has 0 aromatic carbocycles. The minimum atomic E-state index is -0.145. The van der Waals surface area contributed by atoms with E-state index in [0.717, 1.165) is 12.8 Å². The van der Waals surface area contributed by atoms with E-state index in [4.69, 9.17) is 10.5 Å². The first-order chi connectivity index (χ1) is 7.60.